The van der Waals surface area contributed by atoms with Crippen LogP contribution in [0.3, 0.4) is 0 Å². The molecule has 0 spiro atoms. The molecule has 1 radical (unpaired) electrons. The molecule has 0 aliphatic rings. The van der Waals surface area contributed by atoms with Gasteiger partial charge in [0.25, 0.3) is 0 Å². The first-order valence-electron chi connectivity index (χ1n) is 14.7. The number of pyridine rings is 2. The van der Waals surface area contributed by atoms with Crippen LogP contribution in [0.2, 0.25) is 0 Å². The number of fused-ring (bicyclic) bond motifs is 5. The predicted octanol–water partition coefficient (Wildman–Crippen LogP) is 8.76. The Morgan fingerprint density at radius 1 is 0.684 bits per heavy atom. The molecule has 0 unspecified atom stereocenters. The van der Waals surface area contributed by atoms with Crippen molar-refractivity contribution in [3.8, 4) is 22.5 Å². The smallest absolute Gasteiger partial charge is 0.128 e. The van der Waals surface area contributed by atoms with Gasteiger partial charge in [-0.1, -0.05) is 71.1 Å². The van der Waals surface area contributed by atoms with E-state index in [1.807, 2.05) is 48.5 Å². The largest absolute Gasteiger partial charge is 0.500 e. The van der Waals surface area contributed by atoms with Gasteiger partial charge < -0.3 is 14.4 Å². The molecule has 7 aromatic rings. The molecule has 3 aromatic heterocycles. The summed E-state index contributed by atoms with van der Waals surface area (Å²) in [7, 11) is 0. The van der Waals surface area contributed by atoms with Gasteiger partial charge in [0.2, 0.25) is 0 Å². The molecular formula is C34H24IrN2O-2. The van der Waals surface area contributed by atoms with Gasteiger partial charge in [-0.2, -0.15) is 0 Å². The van der Waals surface area contributed by atoms with Crippen molar-refractivity contribution in [2.45, 2.75) is 13.7 Å². The fourth-order valence-corrected chi connectivity index (χ4v) is 4.33. The van der Waals surface area contributed by atoms with Crippen LogP contribution in [-0.4, -0.2) is 9.97 Å². The summed E-state index contributed by atoms with van der Waals surface area (Å²) in [5.74, 6) is 0. The second-order valence-corrected chi connectivity index (χ2v) is 8.50. The minimum absolute atomic E-state index is 0. The van der Waals surface area contributed by atoms with E-state index in [1.165, 1.54) is 18.5 Å². The molecule has 7 rings (SSSR count). The minimum Gasteiger partial charge on any atom is -0.500 e. The summed E-state index contributed by atoms with van der Waals surface area (Å²) < 4.78 is 50.9. The molecule has 0 bridgehead atoms. The van der Waals surface area contributed by atoms with E-state index < -0.39 is 13.7 Å². The van der Waals surface area contributed by atoms with Crippen molar-refractivity contribution >= 4 is 32.7 Å². The summed E-state index contributed by atoms with van der Waals surface area (Å²) in [6.07, 6.45) is 2.91. The molecule has 187 valence electrons. The molecule has 3 heterocycles. The number of aromatic nitrogens is 2. The Morgan fingerprint density at radius 3 is 2.37 bits per heavy atom. The maximum absolute atomic E-state index is 7.65. The fraction of sp³-hybridized carbons (Fsp3) is 0.0588. The second-order valence-electron chi connectivity index (χ2n) is 8.50. The van der Waals surface area contributed by atoms with Gasteiger partial charge in [-0.15, -0.1) is 54.1 Å². The van der Waals surface area contributed by atoms with Crippen molar-refractivity contribution < 1.29 is 32.7 Å². The molecule has 3 nitrogen and oxygen atoms in total. The van der Waals surface area contributed by atoms with Gasteiger partial charge in [0.15, 0.2) is 0 Å². The summed E-state index contributed by atoms with van der Waals surface area (Å²) in [5.41, 5.74) is 4.78. The van der Waals surface area contributed by atoms with Gasteiger partial charge in [-0.25, -0.2) is 0 Å². The van der Waals surface area contributed by atoms with E-state index in [0.29, 0.717) is 16.8 Å². The SMILES string of the molecule is [2H]C([2H])([2H])c1ccc(-c2[c-]cccc2)nc1.[2H]C([2H])([2H])c1ccnc(-c2[c-]ccc3c2oc2c4ccccc4ccc32)c1.[Ir]. The van der Waals surface area contributed by atoms with Crippen molar-refractivity contribution in [1.29, 1.82) is 0 Å². The second kappa shape index (κ2) is 11.1. The van der Waals surface area contributed by atoms with Crippen LogP contribution in [-0.2, 0) is 20.1 Å². The maximum Gasteiger partial charge on any atom is 0.128 e. The summed E-state index contributed by atoms with van der Waals surface area (Å²) in [5, 5.41) is 4.13. The number of rotatable bonds is 2. The van der Waals surface area contributed by atoms with E-state index in [1.54, 1.807) is 24.3 Å². The van der Waals surface area contributed by atoms with Crippen molar-refractivity contribution in [2.24, 2.45) is 0 Å². The normalized spacial score (nSPS) is 13.7. The number of nitrogens with zero attached hydrogens (tertiary/aromatic N) is 2. The van der Waals surface area contributed by atoms with Gasteiger partial charge in [-0.05, 0) is 42.1 Å². The van der Waals surface area contributed by atoms with Crippen molar-refractivity contribution in [3.05, 3.63) is 133 Å². The van der Waals surface area contributed by atoms with Crippen molar-refractivity contribution in [3.63, 3.8) is 0 Å². The Bertz CT molecular complexity index is 2050. The number of hydrogen-bond acceptors (Lipinski definition) is 3. The molecule has 0 atom stereocenters. The first kappa shape index (κ1) is 19.0. The predicted molar refractivity (Wildman–Crippen MR) is 151 cm³/mol. The zero-order chi connectivity index (χ0) is 30.2. The molecule has 0 fully saturated rings. The van der Waals surface area contributed by atoms with Crippen LogP contribution < -0.4 is 0 Å². The van der Waals surface area contributed by atoms with Gasteiger partial charge in [-0.3, -0.25) is 0 Å². The Kier molecular flexibility index (Phi) is 5.56. The van der Waals surface area contributed by atoms with Crippen LogP contribution in [0.1, 0.15) is 19.4 Å². The molecule has 4 aromatic carbocycles. The molecule has 0 N–H and O–H groups in total. The molecule has 0 aliphatic carbocycles. The number of furan rings is 1. The van der Waals surface area contributed by atoms with E-state index in [-0.39, 0.29) is 31.2 Å². The third-order valence-corrected chi connectivity index (χ3v) is 6.09. The fourth-order valence-electron chi connectivity index (χ4n) is 4.33. The maximum atomic E-state index is 7.65. The van der Waals surface area contributed by atoms with Crippen molar-refractivity contribution in [2.75, 3.05) is 0 Å². The Morgan fingerprint density at radius 2 is 1.55 bits per heavy atom. The van der Waals surface area contributed by atoms with Gasteiger partial charge >= 0.3 is 0 Å². The average molecular weight is 675 g/mol. The van der Waals surface area contributed by atoms with Crippen LogP contribution in [0.5, 0.6) is 0 Å². The Balaban J connectivity index is 0.000000194. The van der Waals surface area contributed by atoms with Gasteiger partial charge in [0, 0.05) is 51.5 Å². The zero-order valence-corrected chi connectivity index (χ0v) is 22.4. The monoisotopic (exact) mass is 675 g/mol. The molecule has 0 aliphatic heterocycles. The van der Waals surface area contributed by atoms with Crippen LogP contribution in [0.4, 0.5) is 0 Å². The van der Waals surface area contributed by atoms with Crippen LogP contribution in [0.25, 0.3) is 55.2 Å². The first-order valence-corrected chi connectivity index (χ1v) is 11.7. The van der Waals surface area contributed by atoms with Crippen molar-refractivity contribution in [1.82, 2.24) is 9.97 Å². The third-order valence-electron chi connectivity index (χ3n) is 6.09. The molecule has 0 saturated heterocycles. The van der Waals surface area contributed by atoms with Gasteiger partial charge in [0.1, 0.15) is 5.58 Å². The quantitative estimate of drug-likeness (QED) is 0.172. The number of hydrogen-bond donors (Lipinski definition) is 0. The number of aryl methyl sites for hydroxylation is 2. The topological polar surface area (TPSA) is 38.9 Å². The van der Waals surface area contributed by atoms with Crippen LogP contribution in [0.15, 0.2) is 114 Å². The van der Waals surface area contributed by atoms with Crippen LogP contribution in [0, 0.1) is 25.8 Å². The van der Waals surface area contributed by atoms with Gasteiger partial charge in [0.05, 0.1) is 5.58 Å². The molecule has 38 heavy (non-hydrogen) atoms. The summed E-state index contributed by atoms with van der Waals surface area (Å²) >= 11 is 0. The summed E-state index contributed by atoms with van der Waals surface area (Å²) in [6.45, 7) is -4.28. The summed E-state index contributed by atoms with van der Waals surface area (Å²) in [6, 6.07) is 36.1. The first-order chi connectivity index (χ1) is 20.6. The van der Waals surface area contributed by atoms with E-state index >= 15 is 0 Å². The van der Waals surface area contributed by atoms with E-state index in [9.17, 15) is 0 Å². The van der Waals surface area contributed by atoms with E-state index in [0.717, 1.165) is 38.4 Å². The standard InChI is InChI=1S/C22H14NO.C12H10N.Ir/c1-14-11-12-23-20(13-14)19-8-4-7-17-18-10-9-15-5-2-3-6-16(15)21(18)24-22(17)19;1-10-7-8-12(13-9-10)11-5-3-2-4-6-11;/h2-7,9-13H,1H3;2-5,7-9H,1H3;/q2*-1;/i2*1D3;. The molecule has 4 heteroatoms. The molecular weight excluding hydrogens is 645 g/mol. The third kappa shape index (κ3) is 5.02. The average Bonchev–Trinajstić information content (AvgIpc) is 3.41. The van der Waals surface area contributed by atoms with Crippen LogP contribution >= 0.6 is 0 Å². The molecule has 0 saturated carbocycles. The Labute approximate surface area is 244 Å². The zero-order valence-electron chi connectivity index (χ0n) is 26.0. The Hall–Kier alpha value is -4.11. The number of benzene rings is 4. The molecule has 0 amide bonds. The van der Waals surface area contributed by atoms with E-state index in [2.05, 4.69) is 40.3 Å². The summed E-state index contributed by atoms with van der Waals surface area (Å²) in [4.78, 5) is 8.49. The van der Waals surface area contributed by atoms with E-state index in [4.69, 9.17) is 12.6 Å². The minimum atomic E-state index is -2.18.